The average Bonchev–Trinajstić information content (AvgIpc) is 3.13. The maximum atomic E-state index is 10.9. The minimum Gasteiger partial charge on any atom is -0.334 e. The molecular formula is C17H16N6O2. The smallest absolute Gasteiger partial charge is 0.269 e. The molecule has 0 fully saturated rings. The van der Waals surface area contributed by atoms with Crippen molar-refractivity contribution in [1.82, 2.24) is 10.2 Å². The zero-order valence-electron chi connectivity index (χ0n) is 13.2. The number of nitrogens with zero attached hydrogens (tertiary/aromatic N) is 4. The normalized spacial score (nSPS) is 16.6. The van der Waals surface area contributed by atoms with Crippen molar-refractivity contribution in [2.45, 2.75) is 6.17 Å². The van der Waals surface area contributed by atoms with Crippen LogP contribution in [0, 0.1) is 10.1 Å². The molecule has 126 valence electrons. The second-order valence-corrected chi connectivity index (χ2v) is 5.77. The van der Waals surface area contributed by atoms with E-state index in [0.717, 1.165) is 22.8 Å². The minimum absolute atomic E-state index is 0.0576. The van der Waals surface area contributed by atoms with E-state index in [1.54, 1.807) is 18.3 Å². The van der Waals surface area contributed by atoms with Crippen LogP contribution in [0.2, 0.25) is 0 Å². The van der Waals surface area contributed by atoms with E-state index in [-0.39, 0.29) is 11.9 Å². The zero-order chi connectivity index (χ0) is 17.4. The van der Waals surface area contributed by atoms with Crippen LogP contribution in [0.15, 0.2) is 60.8 Å². The highest BCUT2D eigenvalue weighted by atomic mass is 16.6. The molecule has 0 saturated heterocycles. The molecule has 0 spiro atoms. The van der Waals surface area contributed by atoms with Gasteiger partial charge in [-0.1, -0.05) is 18.2 Å². The molecule has 1 aliphatic heterocycles. The molecular weight excluding hydrogens is 320 g/mol. The first-order chi connectivity index (χ1) is 12.1. The lowest BCUT2D eigenvalue weighted by Gasteiger charge is -2.41. The predicted molar refractivity (Wildman–Crippen MR) is 94.5 cm³/mol. The van der Waals surface area contributed by atoms with E-state index in [1.807, 2.05) is 35.2 Å². The van der Waals surface area contributed by atoms with E-state index in [1.165, 1.54) is 12.1 Å². The van der Waals surface area contributed by atoms with Crippen LogP contribution in [-0.2, 0) is 0 Å². The minimum atomic E-state index is -0.409. The molecule has 4 rings (SSSR count). The van der Waals surface area contributed by atoms with Crippen molar-refractivity contribution >= 4 is 22.9 Å². The molecule has 0 radical (unpaired) electrons. The van der Waals surface area contributed by atoms with Gasteiger partial charge in [-0.05, 0) is 24.3 Å². The molecule has 0 aliphatic carbocycles. The molecule has 0 amide bonds. The maximum absolute atomic E-state index is 10.9. The number of benzene rings is 2. The Labute approximate surface area is 143 Å². The third-order valence-corrected chi connectivity index (χ3v) is 4.33. The average molecular weight is 336 g/mol. The van der Waals surface area contributed by atoms with Gasteiger partial charge in [-0.25, -0.2) is 0 Å². The number of rotatable bonds is 3. The van der Waals surface area contributed by atoms with Crippen molar-refractivity contribution in [3.05, 3.63) is 76.5 Å². The van der Waals surface area contributed by atoms with E-state index >= 15 is 0 Å². The molecule has 3 N–H and O–H groups in total. The second-order valence-electron chi connectivity index (χ2n) is 5.77. The molecule has 1 aliphatic rings. The fourth-order valence-electron chi connectivity index (χ4n) is 3.03. The summed E-state index contributed by atoms with van der Waals surface area (Å²) in [6.45, 7) is 0.498. The van der Waals surface area contributed by atoms with E-state index in [4.69, 9.17) is 5.73 Å². The Kier molecular flexibility index (Phi) is 3.58. The number of nitrogens with two attached hydrogens (primary N) is 1. The summed E-state index contributed by atoms with van der Waals surface area (Å²) in [5.41, 5.74) is 9.17. The Hall–Kier alpha value is -3.39. The van der Waals surface area contributed by atoms with Gasteiger partial charge in [0.2, 0.25) is 0 Å². The number of non-ortho nitro benzene ring substituents is 1. The van der Waals surface area contributed by atoms with E-state index in [2.05, 4.69) is 15.1 Å². The number of hydrogen-bond donors (Lipinski definition) is 2. The Morgan fingerprint density at radius 2 is 1.84 bits per heavy atom. The van der Waals surface area contributed by atoms with Crippen LogP contribution >= 0.6 is 0 Å². The van der Waals surface area contributed by atoms with Gasteiger partial charge in [0.15, 0.2) is 0 Å². The van der Waals surface area contributed by atoms with Crippen molar-refractivity contribution in [1.29, 1.82) is 0 Å². The quantitative estimate of drug-likeness (QED) is 0.563. The Morgan fingerprint density at radius 1 is 1.12 bits per heavy atom. The van der Waals surface area contributed by atoms with E-state index < -0.39 is 4.92 Å². The molecule has 1 aromatic heterocycles. The monoisotopic (exact) mass is 336 g/mol. The molecule has 1 unspecified atom stereocenters. The fourth-order valence-corrected chi connectivity index (χ4v) is 3.03. The third-order valence-electron chi connectivity index (χ3n) is 4.33. The summed E-state index contributed by atoms with van der Waals surface area (Å²) < 4.78 is 0. The van der Waals surface area contributed by atoms with Crippen molar-refractivity contribution in [3.8, 4) is 0 Å². The van der Waals surface area contributed by atoms with Gasteiger partial charge in [-0.2, -0.15) is 5.10 Å². The lowest BCUT2D eigenvalue weighted by molar-refractivity contribution is -0.384. The number of nitrogens with one attached hydrogen (secondary N) is 1. The number of hydrogen-bond acceptors (Lipinski definition) is 6. The summed E-state index contributed by atoms with van der Waals surface area (Å²) in [6.07, 6.45) is 1.39. The number of para-hydroxylation sites is 1. The van der Waals surface area contributed by atoms with Crippen LogP contribution in [-0.4, -0.2) is 21.8 Å². The van der Waals surface area contributed by atoms with Crippen LogP contribution in [0.1, 0.15) is 11.7 Å². The Morgan fingerprint density at radius 3 is 2.52 bits per heavy atom. The summed E-state index contributed by atoms with van der Waals surface area (Å²) in [5, 5.41) is 18.0. The molecule has 3 aromatic rings. The van der Waals surface area contributed by atoms with Gasteiger partial charge >= 0.3 is 0 Å². The van der Waals surface area contributed by atoms with Crippen molar-refractivity contribution in [3.63, 3.8) is 0 Å². The van der Waals surface area contributed by atoms with Crippen LogP contribution in [0.4, 0.5) is 22.9 Å². The molecule has 2 aromatic carbocycles. The zero-order valence-corrected chi connectivity index (χ0v) is 13.2. The highest BCUT2D eigenvalue weighted by Gasteiger charge is 2.31. The van der Waals surface area contributed by atoms with Gasteiger partial charge in [0, 0.05) is 23.5 Å². The van der Waals surface area contributed by atoms with Gasteiger partial charge in [0.05, 0.1) is 23.4 Å². The molecule has 8 nitrogen and oxygen atoms in total. The lowest BCUT2D eigenvalue weighted by atomic mass is 10.1. The second kappa shape index (κ2) is 5.91. The summed E-state index contributed by atoms with van der Waals surface area (Å²) in [5.74, 6) is 0.800. The van der Waals surface area contributed by atoms with E-state index in [9.17, 15) is 10.1 Å². The molecule has 1 atom stereocenters. The van der Waals surface area contributed by atoms with Gasteiger partial charge < -0.3 is 15.5 Å². The summed E-state index contributed by atoms with van der Waals surface area (Å²) in [4.78, 5) is 14.5. The SMILES string of the molecule is NC1c2cn[nH]c2N(c2ccc([N+](=O)[O-])cc2)CN1c1ccccc1. The van der Waals surface area contributed by atoms with Crippen molar-refractivity contribution in [2.24, 2.45) is 5.73 Å². The molecule has 25 heavy (non-hydrogen) atoms. The number of nitro benzene ring substituents is 1. The molecule has 2 heterocycles. The summed E-state index contributed by atoms with van der Waals surface area (Å²) >= 11 is 0. The van der Waals surface area contributed by atoms with E-state index in [0.29, 0.717) is 6.67 Å². The standard InChI is InChI=1S/C17H16N6O2/c18-16-15-10-19-20-17(15)22(11-21(16)12-4-2-1-3-5-12)13-6-8-14(9-7-13)23(24)25/h1-10,16H,11,18H2,(H,19,20). The first-order valence-corrected chi connectivity index (χ1v) is 7.77. The number of aromatic amines is 1. The highest BCUT2D eigenvalue weighted by Crippen LogP contribution is 2.38. The van der Waals surface area contributed by atoms with Gasteiger partial charge in [-0.15, -0.1) is 0 Å². The lowest BCUT2D eigenvalue weighted by Crippen LogP contribution is -2.46. The summed E-state index contributed by atoms with van der Waals surface area (Å²) in [6, 6.07) is 16.3. The van der Waals surface area contributed by atoms with Crippen LogP contribution in [0.5, 0.6) is 0 Å². The number of nitro groups is 1. The Balaban J connectivity index is 1.75. The van der Waals surface area contributed by atoms with Crippen LogP contribution in [0.3, 0.4) is 0 Å². The topological polar surface area (TPSA) is 104 Å². The van der Waals surface area contributed by atoms with Crippen LogP contribution in [0.25, 0.3) is 0 Å². The molecule has 0 saturated carbocycles. The third kappa shape index (κ3) is 2.58. The first kappa shape index (κ1) is 15.2. The number of aromatic nitrogens is 2. The molecule has 0 bridgehead atoms. The largest absolute Gasteiger partial charge is 0.334 e. The van der Waals surface area contributed by atoms with Crippen molar-refractivity contribution in [2.75, 3.05) is 16.5 Å². The fraction of sp³-hybridized carbons (Fsp3) is 0.118. The molecule has 8 heteroatoms. The summed E-state index contributed by atoms with van der Waals surface area (Å²) in [7, 11) is 0. The van der Waals surface area contributed by atoms with Gasteiger partial charge in [-0.3, -0.25) is 15.2 Å². The van der Waals surface area contributed by atoms with Gasteiger partial charge in [0.25, 0.3) is 5.69 Å². The Bertz CT molecular complexity index is 893. The van der Waals surface area contributed by atoms with Crippen molar-refractivity contribution < 1.29 is 4.92 Å². The number of H-pyrrole nitrogens is 1. The van der Waals surface area contributed by atoms with Gasteiger partial charge in [0.1, 0.15) is 12.0 Å². The maximum Gasteiger partial charge on any atom is 0.269 e. The highest BCUT2D eigenvalue weighted by molar-refractivity contribution is 5.69. The predicted octanol–water partition coefficient (Wildman–Crippen LogP) is 2.89. The number of anilines is 3. The first-order valence-electron chi connectivity index (χ1n) is 7.77. The number of fused-ring (bicyclic) bond motifs is 1. The van der Waals surface area contributed by atoms with Crippen LogP contribution < -0.4 is 15.5 Å².